The van der Waals surface area contributed by atoms with E-state index >= 15 is 0 Å². The Morgan fingerprint density at radius 3 is 2.26 bits per heavy atom. The van der Waals surface area contributed by atoms with Gasteiger partial charge in [0, 0.05) is 13.1 Å². The maximum absolute atomic E-state index is 13.2. The summed E-state index contributed by atoms with van der Waals surface area (Å²) in [5.41, 5.74) is -0.236. The van der Waals surface area contributed by atoms with Crippen LogP contribution >= 0.6 is 0 Å². The summed E-state index contributed by atoms with van der Waals surface area (Å²) in [6.45, 7) is 9.07. The number of alkyl carbamates (subject to hydrolysis) is 1. The van der Waals surface area contributed by atoms with E-state index in [0.29, 0.717) is 12.0 Å². The SMILES string of the molecule is CCCCCN(C(=O)CNC(=O)OC(C)(C)C)C(C(=O)NCCC(=O)OCC)c1ccc(O)cc1. The summed E-state index contributed by atoms with van der Waals surface area (Å²) >= 11 is 0. The Hall–Kier alpha value is -3.30. The molecule has 0 bridgehead atoms. The summed E-state index contributed by atoms with van der Waals surface area (Å²) in [4.78, 5) is 51.6. The van der Waals surface area contributed by atoms with E-state index in [-0.39, 0.29) is 38.4 Å². The van der Waals surface area contributed by atoms with E-state index in [0.717, 1.165) is 12.8 Å². The second kappa shape index (κ2) is 14.9. The molecule has 0 aliphatic carbocycles. The number of phenols is 1. The highest BCUT2D eigenvalue weighted by atomic mass is 16.6. The zero-order valence-corrected chi connectivity index (χ0v) is 21.4. The van der Waals surface area contributed by atoms with Crippen molar-refractivity contribution in [3.05, 3.63) is 29.8 Å². The lowest BCUT2D eigenvalue weighted by molar-refractivity contribution is -0.143. The third kappa shape index (κ3) is 11.6. The first-order valence-corrected chi connectivity index (χ1v) is 12.0. The van der Waals surface area contributed by atoms with Gasteiger partial charge < -0.3 is 30.1 Å². The van der Waals surface area contributed by atoms with E-state index in [2.05, 4.69) is 10.6 Å². The summed E-state index contributed by atoms with van der Waals surface area (Å²) in [5.74, 6) is -1.37. The second-order valence-electron chi connectivity index (χ2n) is 8.99. The molecule has 1 atom stereocenters. The molecule has 1 unspecified atom stereocenters. The van der Waals surface area contributed by atoms with Crippen molar-refractivity contribution in [1.82, 2.24) is 15.5 Å². The number of ether oxygens (including phenoxy) is 2. The molecule has 196 valence electrons. The van der Waals surface area contributed by atoms with Crippen molar-refractivity contribution in [3.63, 3.8) is 0 Å². The summed E-state index contributed by atoms with van der Waals surface area (Å²) in [7, 11) is 0. The number of aromatic hydroxyl groups is 1. The predicted molar refractivity (Wildman–Crippen MR) is 131 cm³/mol. The fourth-order valence-electron chi connectivity index (χ4n) is 3.24. The van der Waals surface area contributed by atoms with Crippen molar-refractivity contribution >= 4 is 23.9 Å². The highest BCUT2D eigenvalue weighted by Crippen LogP contribution is 2.24. The zero-order chi connectivity index (χ0) is 26.4. The van der Waals surface area contributed by atoms with Gasteiger partial charge in [0.1, 0.15) is 23.9 Å². The average Bonchev–Trinajstić information content (AvgIpc) is 2.77. The van der Waals surface area contributed by atoms with Gasteiger partial charge in [-0.3, -0.25) is 14.4 Å². The number of hydrogen-bond acceptors (Lipinski definition) is 7. The molecule has 1 aromatic carbocycles. The van der Waals surface area contributed by atoms with Crippen molar-refractivity contribution in [3.8, 4) is 5.75 Å². The lowest BCUT2D eigenvalue weighted by Gasteiger charge is -2.32. The van der Waals surface area contributed by atoms with Crippen molar-refractivity contribution in [2.75, 3.05) is 26.2 Å². The normalized spacial score (nSPS) is 11.8. The highest BCUT2D eigenvalue weighted by Gasteiger charge is 2.31. The topological polar surface area (TPSA) is 134 Å². The molecular weight excluding hydrogens is 454 g/mol. The van der Waals surface area contributed by atoms with E-state index in [9.17, 15) is 24.3 Å². The minimum absolute atomic E-state index is 0.00808. The predicted octanol–water partition coefficient (Wildman–Crippen LogP) is 3.05. The van der Waals surface area contributed by atoms with Crippen LogP contribution in [0.15, 0.2) is 24.3 Å². The monoisotopic (exact) mass is 493 g/mol. The van der Waals surface area contributed by atoms with Crippen LogP contribution < -0.4 is 10.6 Å². The quantitative estimate of drug-likeness (QED) is 0.284. The number of unbranched alkanes of at least 4 members (excludes halogenated alkanes) is 2. The Bertz CT molecular complexity index is 834. The lowest BCUT2D eigenvalue weighted by Crippen LogP contribution is -2.48. The van der Waals surface area contributed by atoms with E-state index < -0.39 is 35.5 Å². The molecule has 0 aromatic heterocycles. The van der Waals surface area contributed by atoms with Crippen LogP contribution in [0, 0.1) is 0 Å². The van der Waals surface area contributed by atoms with Crippen LogP contribution in [-0.2, 0) is 23.9 Å². The Kier molecular flexibility index (Phi) is 12.6. The van der Waals surface area contributed by atoms with Gasteiger partial charge in [0.25, 0.3) is 0 Å². The van der Waals surface area contributed by atoms with E-state index in [1.165, 1.54) is 17.0 Å². The number of esters is 1. The summed E-state index contributed by atoms with van der Waals surface area (Å²) in [6.07, 6.45) is 1.66. The highest BCUT2D eigenvalue weighted by molar-refractivity contribution is 5.90. The smallest absolute Gasteiger partial charge is 0.408 e. The molecule has 1 aromatic rings. The largest absolute Gasteiger partial charge is 0.508 e. The van der Waals surface area contributed by atoms with Gasteiger partial charge in [0.2, 0.25) is 11.8 Å². The molecule has 10 heteroatoms. The number of hydrogen-bond donors (Lipinski definition) is 3. The Morgan fingerprint density at radius 2 is 1.69 bits per heavy atom. The first kappa shape index (κ1) is 29.7. The minimum atomic E-state index is -1.03. The molecule has 10 nitrogen and oxygen atoms in total. The maximum Gasteiger partial charge on any atom is 0.408 e. The molecule has 0 saturated heterocycles. The number of benzene rings is 1. The van der Waals surface area contributed by atoms with Crippen LogP contribution in [0.4, 0.5) is 4.79 Å². The Morgan fingerprint density at radius 1 is 1.03 bits per heavy atom. The van der Waals surface area contributed by atoms with Crippen molar-refractivity contribution in [2.45, 2.75) is 71.9 Å². The number of rotatable bonds is 13. The molecule has 0 radical (unpaired) electrons. The molecule has 3 amide bonds. The van der Waals surface area contributed by atoms with Crippen LogP contribution in [-0.4, -0.2) is 65.7 Å². The molecule has 35 heavy (non-hydrogen) atoms. The molecule has 0 fully saturated rings. The van der Waals surface area contributed by atoms with Crippen molar-refractivity contribution < 1.29 is 33.8 Å². The van der Waals surface area contributed by atoms with Gasteiger partial charge in [-0.05, 0) is 51.8 Å². The summed E-state index contributed by atoms with van der Waals surface area (Å²) in [5, 5.41) is 14.8. The lowest BCUT2D eigenvalue weighted by atomic mass is 10.0. The molecule has 0 saturated carbocycles. The molecular formula is C25H39N3O7. The Balaban J connectivity index is 3.11. The molecule has 3 N–H and O–H groups in total. The van der Waals surface area contributed by atoms with Gasteiger partial charge in [-0.15, -0.1) is 0 Å². The number of nitrogens with zero attached hydrogens (tertiary/aromatic N) is 1. The van der Waals surface area contributed by atoms with Crippen LogP contribution in [0.2, 0.25) is 0 Å². The standard InChI is InChI=1S/C25H39N3O7/c1-6-8-9-16-28(20(30)17-27-24(33)35-25(3,4)5)22(18-10-12-19(29)13-11-18)23(32)26-15-14-21(31)34-7-2/h10-13,22,29H,6-9,14-17H2,1-5H3,(H,26,32)(H,27,33). The number of phenolic OH excluding ortho intramolecular Hbond substituents is 1. The number of carbonyl (C=O) groups excluding carboxylic acids is 4. The third-order valence-corrected chi connectivity index (χ3v) is 4.81. The van der Waals surface area contributed by atoms with Gasteiger partial charge in [-0.25, -0.2) is 4.79 Å². The van der Waals surface area contributed by atoms with Gasteiger partial charge >= 0.3 is 12.1 Å². The molecule has 0 spiro atoms. The van der Waals surface area contributed by atoms with Crippen LogP contribution in [0.3, 0.4) is 0 Å². The molecule has 0 aliphatic rings. The second-order valence-corrected chi connectivity index (χ2v) is 8.99. The van der Waals surface area contributed by atoms with Gasteiger partial charge in [-0.2, -0.15) is 0 Å². The fraction of sp³-hybridized carbons (Fsp3) is 0.600. The van der Waals surface area contributed by atoms with E-state index in [1.807, 2.05) is 6.92 Å². The minimum Gasteiger partial charge on any atom is -0.508 e. The van der Waals surface area contributed by atoms with Gasteiger partial charge in [0.15, 0.2) is 0 Å². The van der Waals surface area contributed by atoms with Gasteiger partial charge in [-0.1, -0.05) is 31.9 Å². The van der Waals surface area contributed by atoms with Gasteiger partial charge in [0.05, 0.1) is 13.0 Å². The summed E-state index contributed by atoms with van der Waals surface area (Å²) < 4.78 is 10.1. The third-order valence-electron chi connectivity index (χ3n) is 4.81. The Labute approximate surface area is 207 Å². The van der Waals surface area contributed by atoms with Crippen LogP contribution in [0.25, 0.3) is 0 Å². The maximum atomic E-state index is 13.2. The molecule has 0 heterocycles. The average molecular weight is 494 g/mol. The fourth-order valence-corrected chi connectivity index (χ4v) is 3.24. The van der Waals surface area contributed by atoms with Crippen LogP contribution in [0.5, 0.6) is 5.75 Å². The summed E-state index contributed by atoms with van der Waals surface area (Å²) in [6, 6.07) is 4.96. The number of carbonyl (C=O) groups is 4. The van der Waals surface area contributed by atoms with E-state index in [4.69, 9.17) is 9.47 Å². The zero-order valence-electron chi connectivity index (χ0n) is 21.4. The van der Waals surface area contributed by atoms with Crippen molar-refractivity contribution in [1.29, 1.82) is 0 Å². The van der Waals surface area contributed by atoms with E-state index in [1.54, 1.807) is 39.8 Å². The first-order chi connectivity index (χ1) is 16.5. The molecule has 0 aliphatic heterocycles. The number of nitrogens with one attached hydrogen (secondary N) is 2. The van der Waals surface area contributed by atoms with Crippen molar-refractivity contribution in [2.24, 2.45) is 0 Å². The first-order valence-electron chi connectivity index (χ1n) is 12.0. The number of amides is 3. The van der Waals surface area contributed by atoms with Crippen LogP contribution in [0.1, 0.15) is 71.9 Å². The molecule has 1 rings (SSSR count).